The normalized spacial score (nSPS) is 15.6. The van der Waals surface area contributed by atoms with Gasteiger partial charge in [0.05, 0.1) is 26.5 Å². The van der Waals surface area contributed by atoms with Crippen molar-refractivity contribution in [2.24, 2.45) is 11.0 Å². The fourth-order valence-corrected chi connectivity index (χ4v) is 3.20. The molecule has 1 heterocycles. The Kier molecular flexibility index (Phi) is 7.29. The minimum absolute atomic E-state index is 0. The van der Waals surface area contributed by atoms with E-state index in [0.717, 1.165) is 28.3 Å². The molecule has 1 aliphatic heterocycles. The average Bonchev–Trinajstić information content (AvgIpc) is 3.07. The Labute approximate surface area is 171 Å². The van der Waals surface area contributed by atoms with E-state index in [-0.39, 0.29) is 24.1 Å². The van der Waals surface area contributed by atoms with Crippen LogP contribution in [0.25, 0.3) is 0 Å². The number of methoxy groups -OCH3 is 2. The molecule has 0 amide bonds. The number of hydrogen-bond acceptors (Lipinski definition) is 5. The quantitative estimate of drug-likeness (QED) is 0.562. The van der Waals surface area contributed by atoms with Crippen molar-refractivity contribution in [1.29, 1.82) is 5.41 Å². The number of aromatic hydroxyl groups is 1. The SMILES string of the molecule is COc1cc(CCC(=N)N2CC(C)C(c3ccccc3O)=N2)cc(OC)c1.Cl. The van der Waals surface area contributed by atoms with Crippen LogP contribution in [-0.4, -0.2) is 42.4 Å². The van der Waals surface area contributed by atoms with Crippen LogP contribution in [0.15, 0.2) is 47.6 Å². The molecule has 1 atom stereocenters. The molecule has 2 aromatic rings. The summed E-state index contributed by atoms with van der Waals surface area (Å²) in [5, 5.41) is 24.8. The van der Waals surface area contributed by atoms with Crippen LogP contribution in [0.2, 0.25) is 0 Å². The number of phenolic OH excluding ortho intramolecular Hbond substituents is 1. The van der Waals surface area contributed by atoms with Crippen LogP contribution < -0.4 is 9.47 Å². The van der Waals surface area contributed by atoms with Gasteiger partial charge in [-0.1, -0.05) is 19.1 Å². The first kappa shape index (κ1) is 21.6. The maximum Gasteiger partial charge on any atom is 0.124 e. The Bertz CT molecular complexity index is 847. The van der Waals surface area contributed by atoms with Gasteiger partial charge in [-0.3, -0.25) is 10.4 Å². The first-order chi connectivity index (χ1) is 13.0. The molecule has 0 bridgehead atoms. The zero-order valence-electron chi connectivity index (χ0n) is 16.3. The maximum atomic E-state index is 10.1. The third-order valence-electron chi connectivity index (χ3n) is 4.70. The van der Waals surface area contributed by atoms with Gasteiger partial charge in [-0.2, -0.15) is 5.10 Å². The minimum Gasteiger partial charge on any atom is -0.507 e. The van der Waals surface area contributed by atoms with Gasteiger partial charge in [0.15, 0.2) is 0 Å². The number of para-hydroxylation sites is 1. The van der Waals surface area contributed by atoms with Crippen LogP contribution in [-0.2, 0) is 6.42 Å². The summed E-state index contributed by atoms with van der Waals surface area (Å²) in [5.41, 5.74) is 2.60. The molecule has 0 aromatic heterocycles. The molecular formula is C21H26ClN3O3. The van der Waals surface area contributed by atoms with Crippen molar-refractivity contribution in [3.05, 3.63) is 53.6 Å². The van der Waals surface area contributed by atoms with Gasteiger partial charge in [0, 0.05) is 24.0 Å². The monoisotopic (exact) mass is 403 g/mol. The summed E-state index contributed by atoms with van der Waals surface area (Å²) in [7, 11) is 3.25. The third-order valence-corrected chi connectivity index (χ3v) is 4.70. The van der Waals surface area contributed by atoms with Gasteiger partial charge in [0.25, 0.3) is 0 Å². The van der Waals surface area contributed by atoms with Gasteiger partial charge in [0.1, 0.15) is 23.1 Å². The summed E-state index contributed by atoms with van der Waals surface area (Å²) < 4.78 is 10.6. The van der Waals surface area contributed by atoms with Crippen LogP contribution in [0.3, 0.4) is 0 Å². The van der Waals surface area contributed by atoms with E-state index >= 15 is 0 Å². The zero-order valence-corrected chi connectivity index (χ0v) is 17.1. The summed E-state index contributed by atoms with van der Waals surface area (Å²) >= 11 is 0. The van der Waals surface area contributed by atoms with E-state index in [1.165, 1.54) is 0 Å². The Hall–Kier alpha value is -2.73. The molecule has 2 aromatic carbocycles. The number of amidine groups is 1. The topological polar surface area (TPSA) is 78.1 Å². The van der Waals surface area contributed by atoms with E-state index in [1.54, 1.807) is 31.4 Å². The molecule has 7 heteroatoms. The second-order valence-corrected chi connectivity index (χ2v) is 6.65. The molecule has 6 nitrogen and oxygen atoms in total. The van der Waals surface area contributed by atoms with Crippen LogP contribution >= 0.6 is 12.4 Å². The van der Waals surface area contributed by atoms with Crippen LogP contribution in [0.1, 0.15) is 24.5 Å². The van der Waals surface area contributed by atoms with Crippen molar-refractivity contribution in [1.82, 2.24) is 5.01 Å². The average molecular weight is 404 g/mol. The van der Waals surface area contributed by atoms with Crippen LogP contribution in [0.5, 0.6) is 17.2 Å². The molecule has 0 spiro atoms. The number of hydrogen-bond donors (Lipinski definition) is 2. The lowest BCUT2D eigenvalue weighted by molar-refractivity contribution is 0.393. The summed E-state index contributed by atoms with van der Waals surface area (Å²) in [6.45, 7) is 2.70. The fraction of sp³-hybridized carbons (Fsp3) is 0.333. The Morgan fingerprint density at radius 1 is 1.18 bits per heavy atom. The molecule has 1 aliphatic rings. The smallest absolute Gasteiger partial charge is 0.124 e. The summed E-state index contributed by atoms with van der Waals surface area (Å²) in [5.74, 6) is 2.31. The first-order valence-electron chi connectivity index (χ1n) is 8.95. The molecule has 2 N–H and O–H groups in total. The van der Waals surface area contributed by atoms with E-state index in [0.29, 0.717) is 25.2 Å². The van der Waals surface area contributed by atoms with Crippen molar-refractivity contribution in [3.63, 3.8) is 0 Å². The van der Waals surface area contributed by atoms with E-state index in [2.05, 4.69) is 12.0 Å². The number of aryl methyl sites for hydroxylation is 1. The molecule has 150 valence electrons. The minimum atomic E-state index is 0. The zero-order chi connectivity index (χ0) is 19.4. The predicted molar refractivity (Wildman–Crippen MR) is 113 cm³/mol. The maximum absolute atomic E-state index is 10.1. The highest BCUT2D eigenvalue weighted by Crippen LogP contribution is 2.27. The summed E-state index contributed by atoms with van der Waals surface area (Å²) in [6.07, 6.45) is 1.25. The number of nitrogens with zero attached hydrogens (tertiary/aromatic N) is 2. The number of ether oxygens (including phenoxy) is 2. The standard InChI is InChI=1S/C21H25N3O3.ClH/c1-14-13-24(23-21(14)18-6-4-5-7-19(18)25)20(22)9-8-15-10-16(26-2)12-17(11-15)27-3;/h4-7,10-12,14,22,25H,8-9,13H2,1-3H3;1H. The highest BCUT2D eigenvalue weighted by atomic mass is 35.5. The second kappa shape index (κ2) is 9.46. The number of rotatable bonds is 6. The largest absolute Gasteiger partial charge is 0.507 e. The number of halogens is 1. The molecule has 3 rings (SSSR count). The van der Waals surface area contributed by atoms with Gasteiger partial charge in [-0.25, -0.2) is 0 Å². The van der Waals surface area contributed by atoms with E-state index < -0.39 is 0 Å². The summed E-state index contributed by atoms with van der Waals surface area (Å²) in [4.78, 5) is 0. The van der Waals surface area contributed by atoms with Crippen LogP contribution in [0, 0.1) is 11.3 Å². The Balaban J connectivity index is 0.00000280. The van der Waals surface area contributed by atoms with E-state index in [1.807, 2.05) is 30.3 Å². The van der Waals surface area contributed by atoms with E-state index in [4.69, 9.17) is 14.9 Å². The predicted octanol–water partition coefficient (Wildman–Crippen LogP) is 4.10. The van der Waals surface area contributed by atoms with Crippen LogP contribution in [0.4, 0.5) is 0 Å². The highest BCUT2D eigenvalue weighted by molar-refractivity contribution is 6.06. The Morgan fingerprint density at radius 2 is 1.82 bits per heavy atom. The van der Waals surface area contributed by atoms with E-state index in [9.17, 15) is 5.11 Å². The summed E-state index contributed by atoms with van der Waals surface area (Å²) in [6, 6.07) is 12.9. The lowest BCUT2D eigenvalue weighted by atomic mass is 9.98. The van der Waals surface area contributed by atoms with Gasteiger partial charge < -0.3 is 14.6 Å². The number of hydrazone groups is 1. The second-order valence-electron chi connectivity index (χ2n) is 6.65. The molecule has 0 radical (unpaired) electrons. The van der Waals surface area contributed by atoms with Gasteiger partial charge >= 0.3 is 0 Å². The molecular weight excluding hydrogens is 378 g/mol. The molecule has 0 fully saturated rings. The van der Waals surface area contributed by atoms with Crippen molar-refractivity contribution < 1.29 is 14.6 Å². The molecule has 0 saturated heterocycles. The van der Waals surface area contributed by atoms with Crippen molar-refractivity contribution >= 4 is 24.0 Å². The molecule has 0 aliphatic carbocycles. The third kappa shape index (κ3) is 4.75. The van der Waals surface area contributed by atoms with Crippen molar-refractivity contribution in [3.8, 4) is 17.2 Å². The molecule has 0 saturated carbocycles. The molecule has 28 heavy (non-hydrogen) atoms. The Morgan fingerprint density at radius 3 is 2.43 bits per heavy atom. The number of phenols is 1. The highest BCUT2D eigenvalue weighted by Gasteiger charge is 2.27. The van der Waals surface area contributed by atoms with Crippen molar-refractivity contribution in [2.75, 3.05) is 20.8 Å². The van der Waals surface area contributed by atoms with Gasteiger partial charge in [-0.05, 0) is 36.2 Å². The molecule has 1 unspecified atom stereocenters. The van der Waals surface area contributed by atoms with Gasteiger partial charge in [0.2, 0.25) is 0 Å². The van der Waals surface area contributed by atoms with Gasteiger partial charge in [-0.15, -0.1) is 12.4 Å². The fourth-order valence-electron chi connectivity index (χ4n) is 3.20. The first-order valence-corrected chi connectivity index (χ1v) is 8.95. The lowest BCUT2D eigenvalue weighted by Crippen LogP contribution is -2.25. The lowest BCUT2D eigenvalue weighted by Gasteiger charge is -2.16. The van der Waals surface area contributed by atoms with Crippen molar-refractivity contribution in [2.45, 2.75) is 19.8 Å². The number of benzene rings is 2. The number of nitrogens with one attached hydrogen (secondary N) is 1.